The van der Waals surface area contributed by atoms with Crippen molar-refractivity contribution >= 4 is 39.0 Å². The molecule has 2 aromatic rings. The number of hydrogen-bond donors (Lipinski definition) is 2. The molecular formula is C19H22N2O6S2. The number of nitrogens with one attached hydrogen (secondary N) is 2. The molecule has 0 unspecified atom stereocenters. The van der Waals surface area contributed by atoms with Gasteiger partial charge < -0.3 is 10.1 Å². The van der Waals surface area contributed by atoms with Crippen molar-refractivity contribution in [1.82, 2.24) is 10.0 Å². The molecule has 156 valence electrons. The molecule has 0 fully saturated rings. The Morgan fingerprint density at radius 1 is 1.07 bits per heavy atom. The fourth-order valence-corrected chi connectivity index (χ4v) is 3.65. The molecule has 2 N–H and O–H groups in total. The van der Waals surface area contributed by atoms with Gasteiger partial charge in [0.2, 0.25) is 21.7 Å². The lowest BCUT2D eigenvalue weighted by Crippen LogP contribution is -2.24. The molecule has 0 saturated carbocycles. The van der Waals surface area contributed by atoms with Crippen molar-refractivity contribution in [2.45, 2.75) is 19.9 Å². The second-order valence-corrected chi connectivity index (χ2v) is 9.29. The number of hydrogen-bond acceptors (Lipinski definition) is 7. The lowest BCUT2D eigenvalue weighted by atomic mass is 10.1. The number of carbonyl (C=O) groups is 3. The first-order valence-corrected chi connectivity index (χ1v) is 11.4. The second-order valence-electron chi connectivity index (χ2n) is 6.29. The largest absolute Gasteiger partial charge is 0.454 e. The Balaban J connectivity index is 1.82. The quantitative estimate of drug-likeness (QED) is 0.429. The molecule has 1 amide bonds. The summed E-state index contributed by atoms with van der Waals surface area (Å²) in [6.45, 7) is 1.65. The molecular weight excluding hydrogens is 416 g/mol. The van der Waals surface area contributed by atoms with Crippen molar-refractivity contribution in [3.8, 4) is 0 Å². The molecule has 0 radical (unpaired) electrons. The van der Waals surface area contributed by atoms with E-state index in [1.165, 1.54) is 18.3 Å². The van der Waals surface area contributed by atoms with Crippen LogP contribution in [0.2, 0.25) is 0 Å². The third kappa shape index (κ3) is 8.14. The van der Waals surface area contributed by atoms with Gasteiger partial charge in [-0.1, -0.05) is 12.1 Å². The number of amides is 1. The summed E-state index contributed by atoms with van der Waals surface area (Å²) in [4.78, 5) is 36.5. The lowest BCUT2D eigenvalue weighted by Gasteiger charge is -2.06. The van der Waals surface area contributed by atoms with Gasteiger partial charge in [0.05, 0.1) is 23.2 Å². The van der Waals surface area contributed by atoms with Gasteiger partial charge in [0, 0.05) is 18.3 Å². The molecule has 0 saturated heterocycles. The molecule has 1 aromatic carbocycles. The fourth-order valence-electron chi connectivity index (χ4n) is 2.31. The summed E-state index contributed by atoms with van der Waals surface area (Å²) in [5.41, 5.74) is 1.16. The third-order valence-corrected chi connectivity index (χ3v) is 5.60. The molecule has 0 bridgehead atoms. The van der Waals surface area contributed by atoms with Gasteiger partial charge in [0.1, 0.15) is 0 Å². The summed E-state index contributed by atoms with van der Waals surface area (Å²) in [7, 11) is -3.23. The zero-order valence-corrected chi connectivity index (χ0v) is 17.7. The van der Waals surface area contributed by atoms with Crippen LogP contribution in [0, 0.1) is 0 Å². The van der Waals surface area contributed by atoms with Crippen molar-refractivity contribution in [3.05, 3.63) is 57.3 Å². The van der Waals surface area contributed by atoms with E-state index in [0.29, 0.717) is 23.4 Å². The highest BCUT2D eigenvalue weighted by molar-refractivity contribution is 7.88. The normalized spacial score (nSPS) is 11.1. The maximum atomic E-state index is 12.2. The number of rotatable bonds is 10. The molecule has 8 nitrogen and oxygen atoms in total. The molecule has 2 rings (SSSR count). The molecule has 0 aliphatic heterocycles. The van der Waals surface area contributed by atoms with Gasteiger partial charge >= 0.3 is 5.97 Å². The summed E-state index contributed by atoms with van der Waals surface area (Å²) in [5.74, 6) is -1.09. The Kier molecular flexibility index (Phi) is 8.06. The number of carbonyl (C=O) groups excluding carboxylic acids is 3. The number of ketones is 1. The van der Waals surface area contributed by atoms with Crippen LogP contribution < -0.4 is 10.0 Å². The fraction of sp³-hybridized carbons (Fsp3) is 0.316. The average molecular weight is 439 g/mol. The lowest BCUT2D eigenvalue weighted by molar-refractivity contribution is -0.119. The van der Waals surface area contributed by atoms with Gasteiger partial charge in [-0.2, -0.15) is 0 Å². The van der Waals surface area contributed by atoms with E-state index in [0.717, 1.165) is 16.7 Å². The Morgan fingerprint density at radius 2 is 1.76 bits per heavy atom. The standard InChI is InChI=1S/C19H22N2O6S2/c1-13(22)20-11-16-7-8-18(28-16)17(23)12-27-19(24)15-5-3-14(4-6-15)9-10-21-29(2,25)26/h3-8,21H,9-12H2,1-2H3,(H,20,22). The summed E-state index contributed by atoms with van der Waals surface area (Å²) in [5, 5.41) is 2.65. The van der Waals surface area contributed by atoms with E-state index in [2.05, 4.69) is 10.0 Å². The van der Waals surface area contributed by atoms with Gasteiger partial charge in [-0.15, -0.1) is 11.3 Å². The Bertz CT molecular complexity index is 980. The van der Waals surface area contributed by atoms with Crippen LogP contribution in [0.5, 0.6) is 0 Å². The summed E-state index contributed by atoms with van der Waals surface area (Å²) >= 11 is 1.24. The molecule has 0 atom stereocenters. The van der Waals surface area contributed by atoms with Gasteiger partial charge in [0.15, 0.2) is 6.61 Å². The smallest absolute Gasteiger partial charge is 0.338 e. The van der Waals surface area contributed by atoms with E-state index in [-0.39, 0.29) is 24.8 Å². The molecule has 1 aromatic heterocycles. The summed E-state index contributed by atoms with van der Waals surface area (Å²) < 4.78 is 29.5. The monoisotopic (exact) mass is 438 g/mol. The van der Waals surface area contributed by atoms with E-state index in [1.54, 1.807) is 36.4 Å². The Morgan fingerprint density at radius 3 is 2.38 bits per heavy atom. The van der Waals surface area contributed by atoms with Gasteiger partial charge in [0.25, 0.3) is 0 Å². The summed E-state index contributed by atoms with van der Waals surface area (Å²) in [6.07, 6.45) is 1.58. The van der Waals surface area contributed by atoms with Crippen LogP contribution in [0.15, 0.2) is 36.4 Å². The zero-order chi connectivity index (χ0) is 21.4. The number of benzene rings is 1. The van der Waals surface area contributed by atoms with E-state index < -0.39 is 16.0 Å². The third-order valence-electron chi connectivity index (χ3n) is 3.75. The topological polar surface area (TPSA) is 119 Å². The van der Waals surface area contributed by atoms with Gasteiger partial charge in [-0.3, -0.25) is 9.59 Å². The predicted octanol–water partition coefficient (Wildman–Crippen LogP) is 1.52. The minimum atomic E-state index is -3.23. The van der Waals surface area contributed by atoms with Crippen molar-refractivity contribution in [1.29, 1.82) is 0 Å². The highest BCUT2D eigenvalue weighted by Gasteiger charge is 2.14. The maximum Gasteiger partial charge on any atom is 0.338 e. The highest BCUT2D eigenvalue weighted by atomic mass is 32.2. The number of Topliss-reactive ketones (excluding diaryl/α,β-unsaturated/α-hetero) is 1. The number of ether oxygens (including phenoxy) is 1. The van der Waals surface area contributed by atoms with Crippen molar-refractivity contribution in [3.63, 3.8) is 0 Å². The van der Waals surface area contributed by atoms with Crippen LogP contribution in [0.3, 0.4) is 0 Å². The maximum absolute atomic E-state index is 12.2. The van der Waals surface area contributed by atoms with Gasteiger partial charge in [-0.05, 0) is 36.2 Å². The highest BCUT2D eigenvalue weighted by Crippen LogP contribution is 2.17. The minimum Gasteiger partial charge on any atom is -0.454 e. The van der Waals surface area contributed by atoms with E-state index in [9.17, 15) is 22.8 Å². The molecule has 0 aliphatic rings. The first-order valence-electron chi connectivity index (χ1n) is 8.71. The first-order chi connectivity index (χ1) is 13.6. The molecule has 29 heavy (non-hydrogen) atoms. The minimum absolute atomic E-state index is 0.155. The molecule has 0 spiro atoms. The van der Waals surface area contributed by atoms with Crippen LogP contribution in [-0.2, 0) is 32.5 Å². The van der Waals surface area contributed by atoms with E-state index >= 15 is 0 Å². The van der Waals surface area contributed by atoms with Crippen molar-refractivity contribution in [2.24, 2.45) is 0 Å². The predicted molar refractivity (Wildman–Crippen MR) is 109 cm³/mol. The van der Waals surface area contributed by atoms with Crippen molar-refractivity contribution in [2.75, 3.05) is 19.4 Å². The number of thiophene rings is 1. The van der Waals surface area contributed by atoms with Crippen LogP contribution in [-0.4, -0.2) is 45.5 Å². The zero-order valence-electron chi connectivity index (χ0n) is 16.1. The Labute approximate surface area is 173 Å². The van der Waals surface area contributed by atoms with E-state index in [1.807, 2.05) is 0 Å². The van der Waals surface area contributed by atoms with Crippen LogP contribution in [0.1, 0.15) is 37.4 Å². The number of esters is 1. The summed E-state index contributed by atoms with van der Waals surface area (Å²) in [6, 6.07) is 9.93. The molecule has 0 aliphatic carbocycles. The second kappa shape index (κ2) is 10.3. The first kappa shape index (κ1) is 22.7. The van der Waals surface area contributed by atoms with Crippen LogP contribution in [0.25, 0.3) is 0 Å². The SMILES string of the molecule is CC(=O)NCc1ccc(C(=O)COC(=O)c2ccc(CCNS(C)(=O)=O)cc2)s1. The van der Waals surface area contributed by atoms with Crippen molar-refractivity contribution < 1.29 is 27.5 Å². The van der Waals surface area contributed by atoms with Crippen LogP contribution >= 0.6 is 11.3 Å². The molecule has 10 heteroatoms. The number of sulfonamides is 1. The average Bonchev–Trinajstić information content (AvgIpc) is 3.13. The van der Waals surface area contributed by atoms with Crippen LogP contribution in [0.4, 0.5) is 0 Å². The molecule has 1 heterocycles. The van der Waals surface area contributed by atoms with E-state index in [4.69, 9.17) is 4.74 Å². The van der Waals surface area contributed by atoms with Gasteiger partial charge in [-0.25, -0.2) is 17.9 Å². The Hall–Kier alpha value is -2.56.